The van der Waals surface area contributed by atoms with Crippen LogP contribution >= 0.6 is 7.26 Å². The van der Waals surface area contributed by atoms with Crippen LogP contribution in [0, 0.1) is 0 Å². The monoisotopic (exact) mass is 495 g/mol. The maximum atomic E-state index is 11.4. The van der Waals surface area contributed by atoms with Gasteiger partial charge in [-0.3, -0.25) is 0 Å². The van der Waals surface area contributed by atoms with Crippen LogP contribution in [0.15, 0.2) is 60.7 Å². The molecule has 0 amide bonds. The molecular weight excluding hydrogens is 479 g/mol. The fourth-order valence-corrected chi connectivity index (χ4v) is 5.81. The molecule has 0 unspecified atom stereocenters. The Balaban J connectivity index is 0.000000300. The van der Waals surface area contributed by atoms with Crippen LogP contribution in [0.2, 0.25) is 0 Å². The average Bonchev–Trinajstić information content (AvgIpc) is 2.61. The zero-order chi connectivity index (χ0) is 23.4. The fourth-order valence-electron chi connectivity index (χ4n) is 1.96. The third-order valence-corrected chi connectivity index (χ3v) is 9.50. The van der Waals surface area contributed by atoms with Crippen LogP contribution in [-0.2, 0) is 20.0 Å². The molecule has 5 nitrogen and oxygen atoms in total. The fraction of sp³-hybridized carbons (Fsp3) is 0.250. The van der Waals surface area contributed by atoms with Gasteiger partial charge in [-0.2, -0.15) is 26.3 Å². The summed E-state index contributed by atoms with van der Waals surface area (Å²) < 4.78 is 109. The second-order valence-electron chi connectivity index (χ2n) is 6.04. The Labute approximate surface area is 170 Å². The summed E-state index contributed by atoms with van der Waals surface area (Å²) in [6.07, 6.45) is 0. The van der Waals surface area contributed by atoms with Crippen LogP contribution in [0.3, 0.4) is 0 Å². The highest BCUT2D eigenvalue weighted by atomic mass is 32.3. The number of sulfonamides is 2. The third-order valence-electron chi connectivity index (χ3n) is 3.58. The molecular formula is C16H16F6NO4PS2. The van der Waals surface area contributed by atoms with Crippen molar-refractivity contribution >= 4 is 37.9 Å². The number of halogens is 6. The van der Waals surface area contributed by atoms with E-state index in [9.17, 15) is 43.2 Å². The maximum Gasteiger partial charge on any atom is 0.480 e. The van der Waals surface area contributed by atoms with Crippen molar-refractivity contribution in [1.29, 1.82) is 0 Å². The number of hydrogen-bond donors (Lipinski definition) is 0. The topological polar surface area (TPSA) is 82.4 Å². The predicted molar refractivity (Wildman–Crippen MR) is 104 cm³/mol. The van der Waals surface area contributed by atoms with Gasteiger partial charge in [0, 0.05) is 0 Å². The lowest BCUT2D eigenvalue weighted by atomic mass is 10.4. The minimum atomic E-state index is -6.72. The predicted octanol–water partition coefficient (Wildman–Crippen LogP) is 3.97. The van der Waals surface area contributed by atoms with Gasteiger partial charge in [-0.1, -0.05) is 36.4 Å². The molecule has 0 radical (unpaired) electrons. The summed E-state index contributed by atoms with van der Waals surface area (Å²) in [5, 5.41) is 2.94. The van der Waals surface area contributed by atoms with Gasteiger partial charge in [-0.05, 0) is 24.3 Å². The number of hydrogen-bond acceptors (Lipinski definition) is 4. The number of rotatable bonds is 4. The number of benzene rings is 2. The molecule has 2 aromatic rings. The standard InChI is InChI=1S/C14H16P.C2F6NO4S2/c1-15(2,13-9-5-3-6-10-13)14-11-7-4-8-12-14;3-1(4,5)14(10,11)9-15(12,13)2(6,7)8/h3-12H,1-2H3;/q+1;-1. The van der Waals surface area contributed by atoms with E-state index in [0.717, 1.165) is 4.13 Å². The maximum absolute atomic E-state index is 11.4. The first-order valence-corrected chi connectivity index (χ1v) is 13.3. The van der Waals surface area contributed by atoms with Crippen molar-refractivity contribution in [2.45, 2.75) is 11.0 Å². The normalized spacial score (nSPS) is 13.3. The molecule has 0 heterocycles. The molecule has 14 heteroatoms. The van der Waals surface area contributed by atoms with Crippen molar-refractivity contribution in [3.8, 4) is 0 Å². The first-order chi connectivity index (χ1) is 13.4. The van der Waals surface area contributed by atoms with Crippen LogP contribution in [0.4, 0.5) is 26.3 Å². The second-order valence-corrected chi connectivity index (χ2v) is 13.4. The van der Waals surface area contributed by atoms with E-state index in [1.54, 1.807) is 0 Å². The summed E-state index contributed by atoms with van der Waals surface area (Å²) in [5.74, 6) is 0. The van der Waals surface area contributed by atoms with Crippen molar-refractivity contribution in [3.63, 3.8) is 0 Å². The van der Waals surface area contributed by atoms with Crippen molar-refractivity contribution in [1.82, 2.24) is 0 Å². The summed E-state index contributed by atoms with van der Waals surface area (Å²) >= 11 is 0. The van der Waals surface area contributed by atoms with Crippen LogP contribution < -0.4 is 10.6 Å². The number of nitrogens with zero attached hydrogens (tertiary/aromatic N) is 1. The van der Waals surface area contributed by atoms with E-state index in [2.05, 4.69) is 74.0 Å². The van der Waals surface area contributed by atoms with Crippen LogP contribution in [0.5, 0.6) is 0 Å². The molecule has 0 aliphatic heterocycles. The lowest BCUT2D eigenvalue weighted by Gasteiger charge is -2.22. The lowest BCUT2D eigenvalue weighted by molar-refractivity contribution is -0.0444. The van der Waals surface area contributed by atoms with Crippen LogP contribution in [0.25, 0.3) is 4.13 Å². The van der Waals surface area contributed by atoms with Crippen molar-refractivity contribution < 1.29 is 43.2 Å². The van der Waals surface area contributed by atoms with Crippen LogP contribution in [0.1, 0.15) is 0 Å². The Bertz CT molecular complexity index is 955. The van der Waals surface area contributed by atoms with Gasteiger partial charge in [0.2, 0.25) is 0 Å². The van der Waals surface area contributed by atoms with Gasteiger partial charge < -0.3 is 4.13 Å². The van der Waals surface area contributed by atoms with Gasteiger partial charge in [0.1, 0.15) is 0 Å². The summed E-state index contributed by atoms with van der Waals surface area (Å²) in [6.45, 7) is 4.75. The summed E-state index contributed by atoms with van der Waals surface area (Å²) in [4.78, 5) is 0. The molecule has 0 saturated heterocycles. The highest BCUT2D eigenvalue weighted by molar-refractivity contribution is 8.13. The quantitative estimate of drug-likeness (QED) is 0.475. The van der Waals surface area contributed by atoms with E-state index in [1.807, 2.05) is 0 Å². The Morgan fingerprint density at radius 3 is 1.13 bits per heavy atom. The minimum absolute atomic E-state index is 0.778. The summed E-state index contributed by atoms with van der Waals surface area (Å²) in [5.41, 5.74) is -12.4. The van der Waals surface area contributed by atoms with E-state index in [-0.39, 0.29) is 0 Å². The average molecular weight is 495 g/mol. The molecule has 0 saturated carbocycles. The molecule has 30 heavy (non-hydrogen) atoms. The Kier molecular flexibility index (Phi) is 8.09. The molecule has 0 bridgehead atoms. The molecule has 168 valence electrons. The molecule has 0 N–H and O–H groups in total. The minimum Gasteiger partial charge on any atom is -0.421 e. The van der Waals surface area contributed by atoms with Crippen LogP contribution in [-0.4, -0.2) is 41.2 Å². The van der Waals surface area contributed by atoms with Crippen molar-refractivity contribution in [2.75, 3.05) is 13.3 Å². The van der Waals surface area contributed by atoms with Crippen molar-refractivity contribution in [2.24, 2.45) is 0 Å². The van der Waals surface area contributed by atoms with E-state index < -0.39 is 38.3 Å². The molecule has 0 aliphatic carbocycles. The summed E-state index contributed by atoms with van der Waals surface area (Å²) in [7, 11) is -14.6. The Morgan fingerprint density at radius 2 is 0.900 bits per heavy atom. The molecule has 0 fully saturated rings. The molecule has 2 aromatic carbocycles. The summed E-state index contributed by atoms with van der Waals surface area (Å²) in [6, 6.07) is 21.6. The number of alkyl halides is 6. The van der Waals surface area contributed by atoms with Gasteiger partial charge in [0.15, 0.2) is 20.0 Å². The molecule has 2 rings (SSSR count). The van der Waals surface area contributed by atoms with Gasteiger partial charge in [-0.15, -0.1) is 0 Å². The first-order valence-electron chi connectivity index (χ1n) is 7.74. The van der Waals surface area contributed by atoms with Gasteiger partial charge >= 0.3 is 11.0 Å². The highest BCUT2D eigenvalue weighted by Crippen LogP contribution is 2.48. The Hall–Kier alpha value is -1.69. The van der Waals surface area contributed by atoms with E-state index >= 15 is 0 Å². The lowest BCUT2D eigenvalue weighted by Crippen LogP contribution is -2.30. The third kappa shape index (κ3) is 6.66. The zero-order valence-electron chi connectivity index (χ0n) is 15.4. The smallest absolute Gasteiger partial charge is 0.421 e. The highest BCUT2D eigenvalue weighted by Gasteiger charge is 2.46. The second kappa shape index (κ2) is 9.21. The van der Waals surface area contributed by atoms with E-state index in [4.69, 9.17) is 0 Å². The Morgan fingerprint density at radius 1 is 0.633 bits per heavy atom. The largest absolute Gasteiger partial charge is 0.480 e. The molecule has 0 aliphatic rings. The van der Waals surface area contributed by atoms with Crippen molar-refractivity contribution in [3.05, 3.63) is 64.8 Å². The zero-order valence-corrected chi connectivity index (χ0v) is 17.9. The van der Waals surface area contributed by atoms with Gasteiger partial charge in [0.25, 0.3) is 0 Å². The van der Waals surface area contributed by atoms with Gasteiger partial charge in [-0.25, -0.2) is 16.8 Å². The molecule has 0 aromatic heterocycles. The van der Waals surface area contributed by atoms with E-state index in [0.29, 0.717) is 0 Å². The molecule has 0 spiro atoms. The van der Waals surface area contributed by atoms with E-state index in [1.165, 1.54) is 10.6 Å². The van der Waals surface area contributed by atoms with Gasteiger partial charge in [0.05, 0.1) is 31.2 Å². The molecule has 0 atom stereocenters. The first kappa shape index (κ1) is 26.3. The SMILES string of the molecule is C[P+](C)(c1ccccc1)c1ccccc1.O=S(=O)([N-]S(=O)(=O)C(F)(F)F)C(F)(F)F.